The molecular weight excluding hydrogens is 390 g/mol. The molecule has 7 nitrogen and oxygen atoms in total. The van der Waals surface area contributed by atoms with Crippen LogP contribution in [0.5, 0.6) is 0 Å². The SMILES string of the molecule is CCCN(CCC)C(=O)CCCC(=O)N1CCN(S(=O)(=O)c2ccccc2)CC1. The maximum atomic E-state index is 12.7. The van der Waals surface area contributed by atoms with E-state index in [4.69, 9.17) is 0 Å². The highest BCUT2D eigenvalue weighted by Crippen LogP contribution is 2.17. The summed E-state index contributed by atoms with van der Waals surface area (Å²) in [6.45, 7) is 6.99. The van der Waals surface area contributed by atoms with Gasteiger partial charge in [-0.25, -0.2) is 8.42 Å². The molecule has 1 saturated heterocycles. The summed E-state index contributed by atoms with van der Waals surface area (Å²) in [5.41, 5.74) is 0. The lowest BCUT2D eigenvalue weighted by molar-refractivity contribution is -0.133. The smallest absolute Gasteiger partial charge is 0.243 e. The Balaban J connectivity index is 1.78. The first kappa shape index (κ1) is 23.3. The average Bonchev–Trinajstić information content (AvgIpc) is 2.74. The highest BCUT2D eigenvalue weighted by molar-refractivity contribution is 7.89. The maximum absolute atomic E-state index is 12.7. The zero-order valence-corrected chi connectivity index (χ0v) is 18.4. The molecule has 2 amide bonds. The van der Waals surface area contributed by atoms with Crippen molar-refractivity contribution in [2.24, 2.45) is 0 Å². The highest BCUT2D eigenvalue weighted by atomic mass is 32.2. The van der Waals surface area contributed by atoms with E-state index in [2.05, 4.69) is 13.8 Å². The van der Waals surface area contributed by atoms with Gasteiger partial charge >= 0.3 is 0 Å². The topological polar surface area (TPSA) is 78.0 Å². The minimum Gasteiger partial charge on any atom is -0.343 e. The second kappa shape index (κ2) is 11.3. The van der Waals surface area contributed by atoms with Crippen LogP contribution in [0, 0.1) is 0 Å². The van der Waals surface area contributed by atoms with E-state index >= 15 is 0 Å². The van der Waals surface area contributed by atoms with Crippen LogP contribution in [0.15, 0.2) is 35.2 Å². The molecule has 0 spiro atoms. The van der Waals surface area contributed by atoms with Gasteiger partial charge in [0, 0.05) is 52.1 Å². The Hall–Kier alpha value is -1.93. The van der Waals surface area contributed by atoms with Crippen LogP contribution in [-0.4, -0.2) is 73.6 Å². The molecule has 1 aromatic rings. The number of nitrogens with zero attached hydrogens (tertiary/aromatic N) is 3. The van der Waals surface area contributed by atoms with E-state index < -0.39 is 10.0 Å². The van der Waals surface area contributed by atoms with Crippen LogP contribution in [0.1, 0.15) is 46.0 Å². The third kappa shape index (κ3) is 6.54. The van der Waals surface area contributed by atoms with Crippen molar-refractivity contribution in [3.8, 4) is 0 Å². The minimum absolute atomic E-state index is 0.00732. The van der Waals surface area contributed by atoms with Gasteiger partial charge in [-0.05, 0) is 31.4 Å². The van der Waals surface area contributed by atoms with E-state index in [1.165, 1.54) is 4.31 Å². The van der Waals surface area contributed by atoms with Gasteiger partial charge in [-0.1, -0.05) is 32.0 Å². The van der Waals surface area contributed by atoms with Gasteiger partial charge in [0.1, 0.15) is 0 Å². The largest absolute Gasteiger partial charge is 0.343 e. The van der Waals surface area contributed by atoms with E-state index in [1.807, 2.05) is 4.90 Å². The number of carbonyl (C=O) groups is 2. The zero-order chi connectivity index (χ0) is 21.3. The summed E-state index contributed by atoms with van der Waals surface area (Å²) in [4.78, 5) is 28.6. The van der Waals surface area contributed by atoms with Gasteiger partial charge in [-0.15, -0.1) is 0 Å². The predicted octanol–water partition coefficient (Wildman–Crippen LogP) is 2.34. The van der Waals surface area contributed by atoms with Gasteiger partial charge in [0.15, 0.2) is 0 Å². The fourth-order valence-electron chi connectivity index (χ4n) is 3.53. The first-order valence-electron chi connectivity index (χ1n) is 10.5. The van der Waals surface area contributed by atoms with Crippen LogP contribution < -0.4 is 0 Å². The molecule has 162 valence electrons. The Bertz CT molecular complexity index is 753. The van der Waals surface area contributed by atoms with E-state index in [-0.39, 0.29) is 16.7 Å². The first-order valence-corrected chi connectivity index (χ1v) is 11.9. The molecule has 0 radical (unpaired) electrons. The Kier molecular flexibility index (Phi) is 9.10. The summed E-state index contributed by atoms with van der Waals surface area (Å²) in [6.07, 6.45) is 3.10. The molecular formula is C21H33N3O4S. The van der Waals surface area contributed by atoms with Crippen LogP contribution in [0.3, 0.4) is 0 Å². The van der Waals surface area contributed by atoms with Crippen molar-refractivity contribution in [1.82, 2.24) is 14.1 Å². The minimum atomic E-state index is -3.51. The third-order valence-corrected chi connectivity index (χ3v) is 7.01. The Morgan fingerprint density at radius 3 is 2.07 bits per heavy atom. The molecule has 0 saturated carbocycles. The van der Waals surface area contributed by atoms with Crippen LogP contribution in [-0.2, 0) is 19.6 Å². The second-order valence-electron chi connectivity index (χ2n) is 7.33. The van der Waals surface area contributed by atoms with Crippen LogP contribution in [0.25, 0.3) is 0 Å². The van der Waals surface area contributed by atoms with Gasteiger partial charge in [-0.3, -0.25) is 9.59 Å². The fourth-order valence-corrected chi connectivity index (χ4v) is 4.97. The maximum Gasteiger partial charge on any atom is 0.243 e. The average molecular weight is 424 g/mol. The summed E-state index contributed by atoms with van der Waals surface area (Å²) in [5.74, 6) is 0.104. The molecule has 1 heterocycles. The van der Waals surface area contributed by atoms with Crippen molar-refractivity contribution in [2.75, 3.05) is 39.3 Å². The Morgan fingerprint density at radius 1 is 0.931 bits per heavy atom. The first-order chi connectivity index (χ1) is 13.9. The second-order valence-corrected chi connectivity index (χ2v) is 9.27. The number of benzene rings is 1. The van der Waals surface area contributed by atoms with Crippen LogP contribution >= 0.6 is 0 Å². The number of hydrogen-bond donors (Lipinski definition) is 0. The van der Waals surface area contributed by atoms with E-state index in [9.17, 15) is 18.0 Å². The van der Waals surface area contributed by atoms with Crippen LogP contribution in [0.4, 0.5) is 0 Å². The Morgan fingerprint density at radius 2 is 1.52 bits per heavy atom. The van der Waals surface area contributed by atoms with Crippen molar-refractivity contribution in [1.29, 1.82) is 0 Å². The number of hydrogen-bond acceptors (Lipinski definition) is 4. The van der Waals surface area contributed by atoms with Gasteiger partial charge in [0.05, 0.1) is 4.90 Å². The van der Waals surface area contributed by atoms with Crippen molar-refractivity contribution in [3.05, 3.63) is 30.3 Å². The van der Waals surface area contributed by atoms with E-state index in [1.54, 1.807) is 35.2 Å². The number of amides is 2. The number of sulfonamides is 1. The summed E-state index contributed by atoms with van der Waals surface area (Å²) in [7, 11) is -3.51. The molecule has 1 aliphatic heterocycles. The summed E-state index contributed by atoms with van der Waals surface area (Å²) >= 11 is 0. The van der Waals surface area contributed by atoms with Crippen molar-refractivity contribution >= 4 is 21.8 Å². The van der Waals surface area contributed by atoms with Gasteiger partial charge < -0.3 is 9.80 Å². The number of rotatable bonds is 10. The zero-order valence-electron chi connectivity index (χ0n) is 17.5. The molecule has 1 aliphatic rings. The van der Waals surface area contributed by atoms with Gasteiger partial charge in [-0.2, -0.15) is 4.31 Å². The molecule has 0 atom stereocenters. The van der Waals surface area contributed by atoms with Gasteiger partial charge in [0.2, 0.25) is 21.8 Å². The van der Waals surface area contributed by atoms with Crippen molar-refractivity contribution < 1.29 is 18.0 Å². The lowest BCUT2D eigenvalue weighted by Gasteiger charge is -2.34. The molecule has 0 unspecified atom stereocenters. The summed E-state index contributed by atoms with van der Waals surface area (Å²) < 4.78 is 26.8. The molecule has 2 rings (SSSR count). The normalized spacial score (nSPS) is 15.3. The quantitative estimate of drug-likeness (QED) is 0.579. The summed E-state index contributed by atoms with van der Waals surface area (Å²) in [6, 6.07) is 8.37. The highest BCUT2D eigenvalue weighted by Gasteiger charge is 2.29. The van der Waals surface area contributed by atoms with Crippen molar-refractivity contribution in [2.45, 2.75) is 50.8 Å². The lowest BCUT2D eigenvalue weighted by atomic mass is 10.2. The molecule has 29 heavy (non-hydrogen) atoms. The molecule has 0 bridgehead atoms. The predicted molar refractivity (Wildman–Crippen MR) is 113 cm³/mol. The van der Waals surface area contributed by atoms with Crippen molar-refractivity contribution in [3.63, 3.8) is 0 Å². The number of carbonyl (C=O) groups excluding carboxylic acids is 2. The molecule has 0 N–H and O–H groups in total. The molecule has 8 heteroatoms. The fraction of sp³-hybridized carbons (Fsp3) is 0.619. The van der Waals surface area contributed by atoms with E-state index in [0.29, 0.717) is 45.4 Å². The third-order valence-electron chi connectivity index (χ3n) is 5.09. The molecule has 1 fully saturated rings. The molecule has 0 aromatic heterocycles. The standard InChI is InChI=1S/C21H33N3O4S/c1-3-13-22(14-4-2)20(25)11-8-12-21(26)23-15-17-24(18-16-23)29(27,28)19-9-6-5-7-10-19/h5-7,9-10H,3-4,8,11-18H2,1-2H3. The lowest BCUT2D eigenvalue weighted by Crippen LogP contribution is -2.50. The molecule has 1 aromatic carbocycles. The Labute approximate surface area is 174 Å². The number of piperazine rings is 1. The monoisotopic (exact) mass is 423 g/mol. The molecule has 0 aliphatic carbocycles. The van der Waals surface area contributed by atoms with Crippen LogP contribution in [0.2, 0.25) is 0 Å². The van der Waals surface area contributed by atoms with Gasteiger partial charge in [0.25, 0.3) is 0 Å². The summed E-state index contributed by atoms with van der Waals surface area (Å²) in [5, 5.41) is 0. The van der Waals surface area contributed by atoms with E-state index in [0.717, 1.165) is 25.9 Å².